The van der Waals surface area contributed by atoms with Gasteiger partial charge < -0.3 is 15.3 Å². The Bertz CT molecular complexity index is 211. The Hall–Kier alpha value is -0.120. The van der Waals surface area contributed by atoms with Crippen LogP contribution in [0.25, 0.3) is 0 Å². The minimum absolute atomic E-state index is 0.473. The van der Waals surface area contributed by atoms with Crippen LogP contribution in [0.4, 0.5) is 0 Å². The molecule has 128 valence electrons. The van der Waals surface area contributed by atoms with E-state index >= 15 is 0 Å². The topological polar surface area (TPSA) is 60.7 Å². The number of rotatable bonds is 15. The van der Waals surface area contributed by atoms with Gasteiger partial charge in [-0.05, 0) is 13.3 Å². The van der Waals surface area contributed by atoms with Crippen LogP contribution in [0, 0.1) is 0 Å². The molecule has 1 unspecified atom stereocenters. The van der Waals surface area contributed by atoms with Gasteiger partial charge in [-0.15, -0.1) is 0 Å². The third-order valence-corrected chi connectivity index (χ3v) is 4.21. The first kappa shape index (κ1) is 20.9. The van der Waals surface area contributed by atoms with Crippen molar-refractivity contribution in [1.29, 1.82) is 0 Å². The molecular weight excluding hydrogens is 264 g/mol. The highest BCUT2D eigenvalue weighted by atomic mass is 16.5. The average molecular weight is 302 g/mol. The molecule has 0 radical (unpaired) electrons. The van der Waals surface area contributed by atoms with Crippen LogP contribution in [0.1, 0.15) is 104 Å². The van der Waals surface area contributed by atoms with Crippen LogP contribution in [0.15, 0.2) is 0 Å². The minimum atomic E-state index is -1.95. The molecule has 0 aliphatic heterocycles. The first-order valence-electron chi connectivity index (χ1n) is 9.11. The van der Waals surface area contributed by atoms with Gasteiger partial charge in [-0.3, -0.25) is 0 Å². The van der Waals surface area contributed by atoms with Crippen molar-refractivity contribution in [3.8, 4) is 0 Å². The highest BCUT2D eigenvalue weighted by Gasteiger charge is 2.25. The van der Waals surface area contributed by atoms with E-state index in [-0.39, 0.29) is 0 Å². The van der Waals surface area contributed by atoms with E-state index < -0.39 is 11.9 Å². The average Bonchev–Trinajstić information content (AvgIpc) is 2.42. The zero-order valence-electron chi connectivity index (χ0n) is 14.3. The third kappa shape index (κ3) is 14.6. The summed E-state index contributed by atoms with van der Waals surface area (Å²) < 4.78 is 0. The van der Waals surface area contributed by atoms with E-state index in [0.717, 1.165) is 12.8 Å². The lowest BCUT2D eigenvalue weighted by Crippen LogP contribution is -2.38. The van der Waals surface area contributed by atoms with Crippen LogP contribution in [0.5, 0.6) is 0 Å². The SMILES string of the molecule is CCCCCCCCCCCCCCCC(O)C(C)(O)O. The van der Waals surface area contributed by atoms with E-state index in [2.05, 4.69) is 6.92 Å². The number of hydrogen-bond acceptors (Lipinski definition) is 3. The van der Waals surface area contributed by atoms with Crippen LogP contribution in [0.3, 0.4) is 0 Å². The van der Waals surface area contributed by atoms with Gasteiger partial charge in [0.25, 0.3) is 0 Å². The molecule has 1 atom stereocenters. The van der Waals surface area contributed by atoms with Crippen LogP contribution in [-0.2, 0) is 0 Å². The molecule has 0 amide bonds. The largest absolute Gasteiger partial charge is 0.388 e. The number of unbranched alkanes of at least 4 members (excludes halogenated alkanes) is 12. The Balaban J connectivity index is 3.13. The van der Waals surface area contributed by atoms with Crippen LogP contribution < -0.4 is 0 Å². The van der Waals surface area contributed by atoms with Gasteiger partial charge in [0, 0.05) is 0 Å². The summed E-state index contributed by atoms with van der Waals surface area (Å²) in [5.41, 5.74) is 0. The van der Waals surface area contributed by atoms with Crippen molar-refractivity contribution in [2.45, 2.75) is 116 Å². The fourth-order valence-electron chi connectivity index (χ4n) is 2.63. The molecule has 0 saturated heterocycles. The molecule has 0 spiro atoms. The van der Waals surface area contributed by atoms with Crippen LogP contribution >= 0.6 is 0 Å². The Kier molecular flexibility index (Phi) is 13.5. The molecule has 21 heavy (non-hydrogen) atoms. The maximum Gasteiger partial charge on any atom is 0.186 e. The normalized spacial score (nSPS) is 13.6. The van der Waals surface area contributed by atoms with E-state index in [1.807, 2.05) is 0 Å². The predicted octanol–water partition coefficient (Wildman–Crippen LogP) is 4.53. The Morgan fingerprint density at radius 2 is 1.00 bits per heavy atom. The molecule has 3 N–H and O–H groups in total. The molecule has 0 aromatic heterocycles. The summed E-state index contributed by atoms with van der Waals surface area (Å²) in [5.74, 6) is -1.95. The second-order valence-corrected chi connectivity index (χ2v) is 6.64. The molecule has 0 heterocycles. The monoisotopic (exact) mass is 302 g/mol. The van der Waals surface area contributed by atoms with Gasteiger partial charge in [0.05, 0.1) is 0 Å². The van der Waals surface area contributed by atoms with Crippen LogP contribution in [-0.4, -0.2) is 27.2 Å². The van der Waals surface area contributed by atoms with Crippen molar-refractivity contribution in [2.24, 2.45) is 0 Å². The van der Waals surface area contributed by atoms with Gasteiger partial charge >= 0.3 is 0 Å². The molecule has 3 nitrogen and oxygen atoms in total. The summed E-state index contributed by atoms with van der Waals surface area (Å²) in [4.78, 5) is 0. The van der Waals surface area contributed by atoms with Gasteiger partial charge in [0.2, 0.25) is 0 Å². The van der Waals surface area contributed by atoms with Crippen molar-refractivity contribution in [3.05, 3.63) is 0 Å². The number of aliphatic hydroxyl groups excluding tert-OH is 1. The Labute approximate surface area is 131 Å². The van der Waals surface area contributed by atoms with Crippen molar-refractivity contribution in [2.75, 3.05) is 0 Å². The molecule has 0 aromatic rings. The maximum atomic E-state index is 9.46. The summed E-state index contributed by atoms with van der Waals surface area (Å²) in [5, 5.41) is 27.8. The van der Waals surface area contributed by atoms with Crippen molar-refractivity contribution in [3.63, 3.8) is 0 Å². The highest BCUT2D eigenvalue weighted by Crippen LogP contribution is 2.15. The Morgan fingerprint density at radius 1 is 0.667 bits per heavy atom. The molecule has 0 rings (SSSR count). The summed E-state index contributed by atoms with van der Waals surface area (Å²) in [7, 11) is 0. The maximum absolute atomic E-state index is 9.46. The van der Waals surface area contributed by atoms with E-state index in [1.165, 1.54) is 77.6 Å². The van der Waals surface area contributed by atoms with E-state index in [4.69, 9.17) is 0 Å². The minimum Gasteiger partial charge on any atom is -0.388 e. The molecule has 3 heteroatoms. The van der Waals surface area contributed by atoms with E-state index in [9.17, 15) is 15.3 Å². The van der Waals surface area contributed by atoms with Gasteiger partial charge in [-0.1, -0.05) is 90.4 Å². The van der Waals surface area contributed by atoms with Gasteiger partial charge in [0.15, 0.2) is 5.79 Å². The zero-order chi connectivity index (χ0) is 16.0. The smallest absolute Gasteiger partial charge is 0.186 e. The van der Waals surface area contributed by atoms with Gasteiger partial charge in [-0.25, -0.2) is 0 Å². The fraction of sp³-hybridized carbons (Fsp3) is 1.00. The molecule has 0 bridgehead atoms. The van der Waals surface area contributed by atoms with Crippen LogP contribution in [0.2, 0.25) is 0 Å². The van der Waals surface area contributed by atoms with Gasteiger partial charge in [0.1, 0.15) is 6.10 Å². The second kappa shape index (κ2) is 13.5. The fourth-order valence-corrected chi connectivity index (χ4v) is 2.63. The predicted molar refractivity (Wildman–Crippen MR) is 89.2 cm³/mol. The summed E-state index contributed by atoms with van der Waals surface area (Å²) >= 11 is 0. The summed E-state index contributed by atoms with van der Waals surface area (Å²) in [6, 6.07) is 0. The zero-order valence-corrected chi connectivity index (χ0v) is 14.3. The summed E-state index contributed by atoms with van der Waals surface area (Å²) in [6.45, 7) is 3.49. The second-order valence-electron chi connectivity index (χ2n) is 6.64. The molecule has 0 fully saturated rings. The quantitative estimate of drug-likeness (QED) is 0.308. The van der Waals surface area contributed by atoms with Crippen molar-refractivity contribution in [1.82, 2.24) is 0 Å². The standard InChI is InChI=1S/C18H38O3/c1-3-4-5-6-7-8-9-10-11-12-13-14-15-16-17(19)18(2,20)21/h17,19-21H,3-16H2,1-2H3. The first-order valence-corrected chi connectivity index (χ1v) is 9.11. The lowest BCUT2D eigenvalue weighted by atomic mass is 10.0. The first-order chi connectivity index (χ1) is 9.98. The molecular formula is C18H38O3. The van der Waals surface area contributed by atoms with Crippen molar-refractivity contribution >= 4 is 0 Å². The lowest BCUT2D eigenvalue weighted by molar-refractivity contribution is -0.212. The Morgan fingerprint density at radius 3 is 1.33 bits per heavy atom. The molecule has 0 saturated carbocycles. The number of hydrogen-bond donors (Lipinski definition) is 3. The van der Waals surface area contributed by atoms with Crippen molar-refractivity contribution < 1.29 is 15.3 Å². The van der Waals surface area contributed by atoms with E-state index in [0.29, 0.717) is 6.42 Å². The highest BCUT2D eigenvalue weighted by molar-refractivity contribution is 4.69. The third-order valence-electron chi connectivity index (χ3n) is 4.21. The molecule has 0 aromatic carbocycles. The lowest BCUT2D eigenvalue weighted by Gasteiger charge is -2.22. The van der Waals surface area contributed by atoms with Gasteiger partial charge in [-0.2, -0.15) is 0 Å². The molecule has 0 aliphatic carbocycles. The number of aliphatic hydroxyl groups is 3. The van der Waals surface area contributed by atoms with E-state index in [1.54, 1.807) is 0 Å². The molecule has 0 aliphatic rings. The summed E-state index contributed by atoms with van der Waals surface area (Å²) in [6.07, 6.45) is 16.2.